The molecule has 3 unspecified atom stereocenters. The van der Waals surface area contributed by atoms with Gasteiger partial charge in [-0.25, -0.2) is 0 Å². The van der Waals surface area contributed by atoms with Crippen LogP contribution in [-0.2, 0) is 0 Å². The molecule has 0 heterocycles. The van der Waals surface area contributed by atoms with E-state index in [0.717, 1.165) is 21.6 Å². The van der Waals surface area contributed by atoms with Gasteiger partial charge in [-0.1, -0.05) is 56.3 Å². The SMILES string of the molecule is CCC1CCCCC1C(CSc1ccccc1Cl)NN. The zero-order chi connectivity index (χ0) is 14.4. The minimum atomic E-state index is 0.376. The highest BCUT2D eigenvalue weighted by molar-refractivity contribution is 7.99. The Morgan fingerprint density at radius 2 is 2.10 bits per heavy atom. The number of nitrogens with two attached hydrogens (primary N) is 1. The van der Waals surface area contributed by atoms with Crippen molar-refractivity contribution in [2.45, 2.75) is 50.0 Å². The van der Waals surface area contributed by atoms with Crippen LogP contribution in [0, 0.1) is 11.8 Å². The van der Waals surface area contributed by atoms with Crippen LogP contribution in [0.1, 0.15) is 39.0 Å². The third kappa shape index (κ3) is 4.14. The molecule has 0 radical (unpaired) electrons. The van der Waals surface area contributed by atoms with Crippen LogP contribution in [0.15, 0.2) is 29.2 Å². The van der Waals surface area contributed by atoms with E-state index in [1.165, 1.54) is 32.1 Å². The highest BCUT2D eigenvalue weighted by Crippen LogP contribution is 2.36. The van der Waals surface area contributed by atoms with Crippen molar-refractivity contribution in [2.75, 3.05) is 5.75 Å². The summed E-state index contributed by atoms with van der Waals surface area (Å²) in [6.07, 6.45) is 6.65. The lowest BCUT2D eigenvalue weighted by Gasteiger charge is -2.36. The van der Waals surface area contributed by atoms with Crippen LogP contribution in [0.5, 0.6) is 0 Å². The first-order chi connectivity index (χ1) is 9.76. The van der Waals surface area contributed by atoms with E-state index in [1.807, 2.05) is 30.0 Å². The van der Waals surface area contributed by atoms with Crippen molar-refractivity contribution in [1.29, 1.82) is 0 Å². The summed E-state index contributed by atoms with van der Waals surface area (Å²) < 4.78 is 0. The van der Waals surface area contributed by atoms with Gasteiger partial charge in [-0.05, 0) is 30.4 Å². The zero-order valence-electron chi connectivity index (χ0n) is 12.1. The number of hydrazine groups is 1. The Morgan fingerprint density at radius 3 is 2.80 bits per heavy atom. The molecule has 0 bridgehead atoms. The third-order valence-corrected chi connectivity index (χ3v) is 6.11. The summed E-state index contributed by atoms with van der Waals surface area (Å²) in [4.78, 5) is 1.15. The summed E-state index contributed by atoms with van der Waals surface area (Å²) in [6.45, 7) is 2.30. The molecular weight excluding hydrogens is 288 g/mol. The van der Waals surface area contributed by atoms with Crippen molar-refractivity contribution in [3.05, 3.63) is 29.3 Å². The molecule has 0 spiro atoms. The Balaban J connectivity index is 1.96. The molecule has 112 valence electrons. The molecule has 1 aliphatic rings. The number of thioether (sulfide) groups is 1. The van der Waals surface area contributed by atoms with E-state index >= 15 is 0 Å². The highest BCUT2D eigenvalue weighted by Gasteiger charge is 2.30. The van der Waals surface area contributed by atoms with E-state index in [0.29, 0.717) is 12.0 Å². The molecule has 0 saturated heterocycles. The maximum atomic E-state index is 6.22. The molecule has 2 rings (SSSR count). The fraction of sp³-hybridized carbons (Fsp3) is 0.625. The molecule has 1 fully saturated rings. The van der Waals surface area contributed by atoms with Gasteiger partial charge in [-0.3, -0.25) is 11.3 Å². The van der Waals surface area contributed by atoms with Gasteiger partial charge >= 0.3 is 0 Å². The first-order valence-corrected chi connectivity index (χ1v) is 8.96. The molecular formula is C16H25ClN2S. The molecule has 1 aromatic carbocycles. The van der Waals surface area contributed by atoms with Gasteiger partial charge in [-0.2, -0.15) is 0 Å². The molecule has 3 N–H and O–H groups in total. The molecule has 1 saturated carbocycles. The van der Waals surface area contributed by atoms with Gasteiger partial charge in [0.15, 0.2) is 0 Å². The second-order valence-electron chi connectivity index (χ2n) is 5.63. The van der Waals surface area contributed by atoms with E-state index in [2.05, 4.69) is 18.4 Å². The fourth-order valence-corrected chi connectivity index (χ4v) is 4.69. The molecule has 2 nitrogen and oxygen atoms in total. The monoisotopic (exact) mass is 312 g/mol. The maximum absolute atomic E-state index is 6.22. The quantitative estimate of drug-likeness (QED) is 0.462. The first-order valence-electron chi connectivity index (χ1n) is 7.59. The summed E-state index contributed by atoms with van der Waals surface area (Å²) in [7, 11) is 0. The Bertz CT molecular complexity index is 413. The summed E-state index contributed by atoms with van der Waals surface area (Å²) >= 11 is 8.03. The van der Waals surface area contributed by atoms with Gasteiger partial charge in [-0.15, -0.1) is 11.8 Å². The van der Waals surface area contributed by atoms with Crippen LogP contribution in [0.4, 0.5) is 0 Å². The van der Waals surface area contributed by atoms with Crippen LogP contribution in [-0.4, -0.2) is 11.8 Å². The lowest BCUT2D eigenvalue weighted by Crippen LogP contribution is -2.46. The predicted octanol–water partition coefficient (Wildman–Crippen LogP) is 4.48. The topological polar surface area (TPSA) is 38.0 Å². The second-order valence-corrected chi connectivity index (χ2v) is 7.10. The molecule has 3 atom stereocenters. The summed E-state index contributed by atoms with van der Waals surface area (Å²) in [5, 5.41) is 0.837. The number of rotatable bonds is 6. The van der Waals surface area contributed by atoms with Gasteiger partial charge in [0, 0.05) is 16.7 Å². The Hall–Kier alpha value is -0.220. The Kier molecular flexibility index (Phi) is 6.69. The standard InChI is InChI=1S/C16H25ClN2S/c1-2-12-7-3-4-8-13(12)15(19-18)11-20-16-10-6-5-9-14(16)17/h5-6,9-10,12-13,15,19H,2-4,7-8,11,18H2,1H3. The lowest BCUT2D eigenvalue weighted by atomic mass is 9.74. The molecule has 4 heteroatoms. The second kappa shape index (κ2) is 8.28. The van der Waals surface area contributed by atoms with Crippen molar-refractivity contribution in [3.8, 4) is 0 Å². The van der Waals surface area contributed by atoms with Crippen LogP contribution < -0.4 is 11.3 Å². The van der Waals surface area contributed by atoms with E-state index in [9.17, 15) is 0 Å². The van der Waals surface area contributed by atoms with Crippen molar-refractivity contribution in [2.24, 2.45) is 17.7 Å². The molecule has 1 aliphatic carbocycles. The van der Waals surface area contributed by atoms with E-state index in [-0.39, 0.29) is 0 Å². The summed E-state index contributed by atoms with van der Waals surface area (Å²) in [6, 6.07) is 8.41. The molecule has 0 aromatic heterocycles. The van der Waals surface area contributed by atoms with E-state index in [4.69, 9.17) is 17.4 Å². The molecule has 0 amide bonds. The smallest absolute Gasteiger partial charge is 0.0541 e. The van der Waals surface area contributed by atoms with Crippen LogP contribution in [0.25, 0.3) is 0 Å². The molecule has 0 aliphatic heterocycles. The van der Waals surface area contributed by atoms with E-state index in [1.54, 1.807) is 0 Å². The average molecular weight is 313 g/mol. The average Bonchev–Trinajstić information content (AvgIpc) is 2.50. The molecule has 1 aromatic rings. The summed E-state index contributed by atoms with van der Waals surface area (Å²) in [5.74, 6) is 8.33. The van der Waals surface area contributed by atoms with Crippen molar-refractivity contribution in [1.82, 2.24) is 5.43 Å². The molecule has 20 heavy (non-hydrogen) atoms. The van der Waals surface area contributed by atoms with Crippen LogP contribution in [0.2, 0.25) is 5.02 Å². The maximum Gasteiger partial charge on any atom is 0.0541 e. The van der Waals surface area contributed by atoms with Crippen LogP contribution in [0.3, 0.4) is 0 Å². The van der Waals surface area contributed by atoms with Gasteiger partial charge in [0.25, 0.3) is 0 Å². The van der Waals surface area contributed by atoms with Crippen LogP contribution >= 0.6 is 23.4 Å². The number of halogens is 1. The number of hydrogen-bond acceptors (Lipinski definition) is 3. The minimum Gasteiger partial charge on any atom is -0.271 e. The third-order valence-electron chi connectivity index (χ3n) is 4.48. The van der Waals surface area contributed by atoms with Gasteiger partial charge in [0.2, 0.25) is 0 Å². The summed E-state index contributed by atoms with van der Waals surface area (Å²) in [5.41, 5.74) is 3.06. The first kappa shape index (κ1) is 16.2. The van der Waals surface area contributed by atoms with Gasteiger partial charge in [0.05, 0.1) is 5.02 Å². The highest BCUT2D eigenvalue weighted by atomic mass is 35.5. The van der Waals surface area contributed by atoms with Crippen molar-refractivity contribution in [3.63, 3.8) is 0 Å². The van der Waals surface area contributed by atoms with E-state index < -0.39 is 0 Å². The van der Waals surface area contributed by atoms with Crippen molar-refractivity contribution < 1.29 is 0 Å². The largest absolute Gasteiger partial charge is 0.271 e. The minimum absolute atomic E-state index is 0.376. The Labute approximate surface area is 131 Å². The van der Waals surface area contributed by atoms with Gasteiger partial charge in [0.1, 0.15) is 0 Å². The Morgan fingerprint density at radius 1 is 1.35 bits per heavy atom. The van der Waals surface area contributed by atoms with Crippen molar-refractivity contribution >= 4 is 23.4 Å². The normalized spacial score (nSPS) is 24.6. The number of benzene rings is 1. The lowest BCUT2D eigenvalue weighted by molar-refractivity contribution is 0.186. The zero-order valence-corrected chi connectivity index (χ0v) is 13.7. The fourth-order valence-electron chi connectivity index (χ4n) is 3.31. The number of hydrogen-bond donors (Lipinski definition) is 2. The van der Waals surface area contributed by atoms with Gasteiger partial charge < -0.3 is 0 Å². The number of nitrogens with one attached hydrogen (secondary N) is 1. The predicted molar refractivity (Wildman–Crippen MR) is 89.0 cm³/mol.